The van der Waals surface area contributed by atoms with Gasteiger partial charge in [-0.1, -0.05) is 12.1 Å². The molecule has 0 saturated carbocycles. The van der Waals surface area contributed by atoms with Crippen molar-refractivity contribution >= 4 is 12.0 Å². The molecule has 1 heterocycles. The third-order valence-electron chi connectivity index (χ3n) is 5.20. The zero-order chi connectivity index (χ0) is 24.8. The number of carbonyl (C=O) groups is 1. The van der Waals surface area contributed by atoms with Crippen LogP contribution in [0.5, 0.6) is 23.0 Å². The molecule has 2 aromatic rings. The van der Waals surface area contributed by atoms with Crippen molar-refractivity contribution in [3.63, 3.8) is 0 Å². The number of ether oxygens (including phenoxy) is 3. The van der Waals surface area contributed by atoms with Crippen molar-refractivity contribution in [2.24, 2.45) is 0 Å². The average molecular weight is 478 g/mol. The Kier molecular flexibility index (Phi) is 8.31. The first-order valence-corrected chi connectivity index (χ1v) is 10.3. The molecule has 0 amide bonds. The number of rotatable bonds is 8. The molecular formula is C23H26O11. The van der Waals surface area contributed by atoms with Crippen LogP contribution in [0.15, 0.2) is 42.5 Å². The summed E-state index contributed by atoms with van der Waals surface area (Å²) in [7, 11) is 0. The standard InChI is InChI=1S/C23H26O11/c24-11-18-22(34-19(29)6-3-12-1-4-14(25)16(27)9-12)20(30)21(31)23(33-18)32-8-7-13-2-5-15(26)17(28)10-13/h1-6,9-10,18,20-28,30-31H,7-8,11H2/t18?,20-,21?,22+,23+/m1/s1. The molecule has 3 rings (SSSR count). The molecule has 0 spiro atoms. The first kappa shape index (κ1) is 25.3. The van der Waals surface area contributed by atoms with Gasteiger partial charge in [-0.3, -0.25) is 0 Å². The summed E-state index contributed by atoms with van der Waals surface area (Å²) < 4.78 is 16.1. The van der Waals surface area contributed by atoms with E-state index < -0.39 is 43.3 Å². The summed E-state index contributed by atoms with van der Waals surface area (Å²) in [5.74, 6) is -2.15. The molecule has 184 valence electrons. The number of carbonyl (C=O) groups excluding carboxylic acids is 1. The topological polar surface area (TPSA) is 186 Å². The SMILES string of the molecule is O=C(C=Cc1ccc(O)c(O)c1)O[C@H]1C(CO)O[C@H](OCCc2ccc(O)c(O)c2)C(O)[C@H]1O. The smallest absolute Gasteiger partial charge is 0.331 e. The lowest BCUT2D eigenvalue weighted by Gasteiger charge is -2.41. The van der Waals surface area contributed by atoms with E-state index in [4.69, 9.17) is 14.2 Å². The van der Waals surface area contributed by atoms with Crippen LogP contribution < -0.4 is 0 Å². The molecule has 2 unspecified atom stereocenters. The number of aromatic hydroxyl groups is 4. The maximum Gasteiger partial charge on any atom is 0.331 e. The first-order valence-electron chi connectivity index (χ1n) is 10.3. The van der Waals surface area contributed by atoms with E-state index in [2.05, 4.69) is 0 Å². The highest BCUT2D eigenvalue weighted by Crippen LogP contribution is 2.28. The number of esters is 1. The molecule has 11 nitrogen and oxygen atoms in total. The molecule has 34 heavy (non-hydrogen) atoms. The second-order valence-corrected chi connectivity index (χ2v) is 7.63. The van der Waals surface area contributed by atoms with Gasteiger partial charge in [0.15, 0.2) is 35.4 Å². The molecule has 0 aromatic heterocycles. The van der Waals surface area contributed by atoms with Crippen molar-refractivity contribution in [1.29, 1.82) is 0 Å². The molecule has 0 radical (unpaired) electrons. The van der Waals surface area contributed by atoms with Crippen LogP contribution in [0, 0.1) is 0 Å². The van der Waals surface area contributed by atoms with Crippen LogP contribution in [0.25, 0.3) is 6.08 Å². The molecule has 5 atom stereocenters. The predicted octanol–water partition coefficient (Wildman–Crippen LogP) is 0.132. The first-order chi connectivity index (χ1) is 16.2. The summed E-state index contributed by atoms with van der Waals surface area (Å²) in [5.41, 5.74) is 1.03. The fraction of sp³-hybridized carbons (Fsp3) is 0.348. The van der Waals surface area contributed by atoms with Gasteiger partial charge in [-0.05, 0) is 47.9 Å². The Morgan fingerprint density at radius 3 is 2.26 bits per heavy atom. The average Bonchev–Trinajstić information content (AvgIpc) is 2.81. The van der Waals surface area contributed by atoms with Crippen LogP contribution in [0.1, 0.15) is 11.1 Å². The molecule has 1 saturated heterocycles. The number of hydrogen-bond acceptors (Lipinski definition) is 11. The molecule has 1 aliphatic rings. The van der Waals surface area contributed by atoms with E-state index in [-0.39, 0.29) is 36.0 Å². The normalized spacial score (nSPS) is 24.9. The minimum atomic E-state index is -1.62. The highest BCUT2D eigenvalue weighted by molar-refractivity contribution is 5.87. The van der Waals surface area contributed by atoms with Crippen LogP contribution in [-0.4, -0.2) is 85.6 Å². The second-order valence-electron chi connectivity index (χ2n) is 7.63. The van der Waals surface area contributed by atoms with Gasteiger partial charge in [0.2, 0.25) is 0 Å². The van der Waals surface area contributed by atoms with E-state index in [1.54, 1.807) is 6.07 Å². The van der Waals surface area contributed by atoms with Crippen LogP contribution in [0.3, 0.4) is 0 Å². The third-order valence-corrected chi connectivity index (χ3v) is 5.20. The van der Waals surface area contributed by atoms with Gasteiger partial charge in [0.1, 0.15) is 18.3 Å². The Bertz CT molecular complexity index is 1020. The fourth-order valence-electron chi connectivity index (χ4n) is 3.34. The van der Waals surface area contributed by atoms with Crippen LogP contribution >= 0.6 is 0 Å². The number of benzene rings is 2. The van der Waals surface area contributed by atoms with Crippen molar-refractivity contribution in [1.82, 2.24) is 0 Å². The van der Waals surface area contributed by atoms with Gasteiger partial charge >= 0.3 is 5.97 Å². The van der Waals surface area contributed by atoms with Crippen molar-refractivity contribution in [2.45, 2.75) is 37.1 Å². The van der Waals surface area contributed by atoms with Gasteiger partial charge in [0, 0.05) is 6.08 Å². The molecule has 1 fully saturated rings. The van der Waals surface area contributed by atoms with Crippen molar-refractivity contribution in [3.8, 4) is 23.0 Å². The van der Waals surface area contributed by atoms with E-state index >= 15 is 0 Å². The van der Waals surface area contributed by atoms with Gasteiger partial charge in [-0.2, -0.15) is 0 Å². The summed E-state index contributed by atoms with van der Waals surface area (Å²) in [6, 6.07) is 8.15. The zero-order valence-corrected chi connectivity index (χ0v) is 17.9. The fourth-order valence-corrected chi connectivity index (χ4v) is 3.34. The maximum absolute atomic E-state index is 12.2. The molecule has 0 aliphatic carbocycles. The molecule has 0 bridgehead atoms. The van der Waals surface area contributed by atoms with E-state index in [0.29, 0.717) is 11.1 Å². The Hall–Kier alpha value is -3.35. The lowest BCUT2D eigenvalue weighted by Crippen LogP contribution is -2.60. The van der Waals surface area contributed by atoms with Crippen LogP contribution in [-0.2, 0) is 25.4 Å². The number of aliphatic hydroxyl groups is 3. The zero-order valence-electron chi connectivity index (χ0n) is 17.9. The largest absolute Gasteiger partial charge is 0.504 e. The Labute approximate surface area is 194 Å². The van der Waals surface area contributed by atoms with E-state index in [9.17, 15) is 40.5 Å². The summed E-state index contributed by atoms with van der Waals surface area (Å²) in [6.45, 7) is -0.619. The Morgan fingerprint density at radius 2 is 1.62 bits per heavy atom. The monoisotopic (exact) mass is 478 g/mol. The van der Waals surface area contributed by atoms with Gasteiger partial charge in [-0.15, -0.1) is 0 Å². The minimum Gasteiger partial charge on any atom is -0.504 e. The number of phenolic OH excluding ortho intramolecular Hbond substituents is 4. The highest BCUT2D eigenvalue weighted by atomic mass is 16.7. The van der Waals surface area contributed by atoms with E-state index in [1.165, 1.54) is 36.4 Å². The van der Waals surface area contributed by atoms with Crippen molar-refractivity contribution in [2.75, 3.05) is 13.2 Å². The van der Waals surface area contributed by atoms with Crippen molar-refractivity contribution in [3.05, 3.63) is 53.6 Å². The summed E-state index contributed by atoms with van der Waals surface area (Å²) in [4.78, 5) is 12.2. The van der Waals surface area contributed by atoms with E-state index in [0.717, 1.165) is 6.08 Å². The molecular weight excluding hydrogens is 452 g/mol. The number of phenols is 4. The molecule has 1 aliphatic heterocycles. The van der Waals surface area contributed by atoms with Crippen molar-refractivity contribution < 1.29 is 54.8 Å². The number of hydrogen-bond donors (Lipinski definition) is 7. The summed E-state index contributed by atoms with van der Waals surface area (Å²) in [6.07, 6.45) is -4.50. The lowest BCUT2D eigenvalue weighted by molar-refractivity contribution is -0.302. The van der Waals surface area contributed by atoms with Gasteiger partial charge in [0.25, 0.3) is 0 Å². The lowest BCUT2D eigenvalue weighted by atomic mass is 9.99. The van der Waals surface area contributed by atoms with Gasteiger partial charge in [0.05, 0.1) is 13.2 Å². The molecule has 11 heteroatoms. The highest BCUT2D eigenvalue weighted by Gasteiger charge is 2.46. The third kappa shape index (κ3) is 6.16. The van der Waals surface area contributed by atoms with Crippen LogP contribution in [0.2, 0.25) is 0 Å². The quantitative estimate of drug-likeness (QED) is 0.155. The maximum atomic E-state index is 12.2. The van der Waals surface area contributed by atoms with Gasteiger partial charge in [-0.25, -0.2) is 4.79 Å². The Balaban J connectivity index is 1.56. The summed E-state index contributed by atoms with van der Waals surface area (Å²) >= 11 is 0. The predicted molar refractivity (Wildman–Crippen MR) is 116 cm³/mol. The number of aliphatic hydroxyl groups excluding tert-OH is 3. The second kappa shape index (κ2) is 11.2. The Morgan fingerprint density at radius 1 is 0.941 bits per heavy atom. The van der Waals surface area contributed by atoms with Crippen LogP contribution in [0.4, 0.5) is 0 Å². The molecule has 7 N–H and O–H groups in total. The minimum absolute atomic E-state index is 0.0173. The molecule has 2 aromatic carbocycles. The van der Waals surface area contributed by atoms with E-state index in [1.807, 2.05) is 0 Å². The van der Waals surface area contributed by atoms with Gasteiger partial charge < -0.3 is 50.0 Å². The summed E-state index contributed by atoms with van der Waals surface area (Å²) in [5, 5.41) is 68.1.